The first-order valence-corrected chi connectivity index (χ1v) is 6.82. The number of carboxylic acid groups (broad SMARTS) is 1. The summed E-state index contributed by atoms with van der Waals surface area (Å²) in [6.45, 7) is 1.56. The number of carboxylic acids is 1. The number of benzene rings is 1. The van der Waals surface area contributed by atoms with E-state index in [1.807, 2.05) is 0 Å². The fourth-order valence-corrected chi connectivity index (χ4v) is 2.31. The van der Waals surface area contributed by atoms with Gasteiger partial charge in [0.15, 0.2) is 5.78 Å². The zero-order chi connectivity index (χ0) is 15.5. The summed E-state index contributed by atoms with van der Waals surface area (Å²) in [5, 5.41) is 14.4. The molecule has 1 saturated carbocycles. The summed E-state index contributed by atoms with van der Waals surface area (Å²) in [5.74, 6) is -0.953. The first-order chi connectivity index (χ1) is 9.93. The molecule has 0 saturated heterocycles. The number of ketones is 1. The first kappa shape index (κ1) is 15.0. The molecule has 1 fully saturated rings. The highest BCUT2D eigenvalue weighted by atomic mass is 16.4. The maximum Gasteiger partial charge on any atom is 0.319 e. The lowest BCUT2D eigenvalue weighted by Gasteiger charge is -2.37. The van der Waals surface area contributed by atoms with Crippen molar-refractivity contribution >= 4 is 23.5 Å². The molecule has 0 unspecified atom stereocenters. The third kappa shape index (κ3) is 3.39. The number of amides is 2. The molecule has 3 N–H and O–H groups in total. The average Bonchev–Trinajstić information content (AvgIpc) is 2.37. The predicted octanol–water partition coefficient (Wildman–Crippen LogP) is 2.27. The Morgan fingerprint density at radius 1 is 1.29 bits per heavy atom. The number of urea groups is 1. The summed E-state index contributed by atoms with van der Waals surface area (Å²) in [4.78, 5) is 34.3. The van der Waals surface area contributed by atoms with Crippen LogP contribution < -0.4 is 10.6 Å². The molecule has 0 bridgehead atoms. The van der Waals surface area contributed by atoms with Crippen LogP contribution >= 0.6 is 0 Å². The van der Waals surface area contributed by atoms with E-state index in [0.717, 1.165) is 6.42 Å². The van der Waals surface area contributed by atoms with Crippen LogP contribution in [0, 0.1) is 5.41 Å². The zero-order valence-corrected chi connectivity index (χ0v) is 11.8. The van der Waals surface area contributed by atoms with Crippen LogP contribution in [0.3, 0.4) is 0 Å². The van der Waals surface area contributed by atoms with Gasteiger partial charge >= 0.3 is 12.0 Å². The van der Waals surface area contributed by atoms with Crippen LogP contribution in [0.5, 0.6) is 0 Å². The molecule has 0 radical (unpaired) electrons. The van der Waals surface area contributed by atoms with Gasteiger partial charge in [-0.25, -0.2) is 4.79 Å². The number of hydrogen-bond donors (Lipinski definition) is 3. The fraction of sp³-hybridized carbons (Fsp3) is 0.400. The van der Waals surface area contributed by atoms with Crippen molar-refractivity contribution in [1.82, 2.24) is 5.32 Å². The molecular formula is C15H18N2O4. The van der Waals surface area contributed by atoms with Gasteiger partial charge in [0.05, 0.1) is 5.41 Å². The average molecular weight is 290 g/mol. The number of anilines is 1. The number of Topliss-reactive ketones (excluding diaryl/α,β-unsaturated/α-hetero) is 1. The van der Waals surface area contributed by atoms with Crippen molar-refractivity contribution in [1.29, 1.82) is 0 Å². The first-order valence-electron chi connectivity index (χ1n) is 6.82. The van der Waals surface area contributed by atoms with Crippen LogP contribution in [0.25, 0.3) is 0 Å². The molecule has 1 aromatic rings. The Balaban J connectivity index is 1.91. The van der Waals surface area contributed by atoms with E-state index < -0.39 is 17.4 Å². The number of nitrogens with one attached hydrogen (secondary N) is 2. The van der Waals surface area contributed by atoms with Gasteiger partial charge in [-0.15, -0.1) is 0 Å². The van der Waals surface area contributed by atoms with Crippen molar-refractivity contribution < 1.29 is 19.5 Å². The normalized spacial score (nSPS) is 15.7. The minimum absolute atomic E-state index is 0.0849. The largest absolute Gasteiger partial charge is 0.481 e. The molecule has 1 aliphatic rings. The zero-order valence-electron chi connectivity index (χ0n) is 11.8. The lowest BCUT2D eigenvalue weighted by atomic mass is 9.69. The molecule has 2 amide bonds. The second kappa shape index (κ2) is 5.95. The smallest absolute Gasteiger partial charge is 0.319 e. The number of carbonyl (C=O) groups excluding carboxylic acids is 2. The molecule has 0 aromatic heterocycles. The maximum atomic E-state index is 11.8. The van der Waals surface area contributed by atoms with E-state index in [4.69, 9.17) is 0 Å². The van der Waals surface area contributed by atoms with E-state index in [9.17, 15) is 19.5 Å². The van der Waals surface area contributed by atoms with Gasteiger partial charge in [0.1, 0.15) is 0 Å². The van der Waals surface area contributed by atoms with Crippen LogP contribution in [0.4, 0.5) is 10.5 Å². The standard InChI is InChI=1S/C15H18N2O4/c1-10(18)11-4-2-5-12(8-11)17-14(21)16-9-15(13(19)20)6-3-7-15/h2,4-5,8H,3,6-7,9H2,1H3,(H,19,20)(H2,16,17,21). The highest BCUT2D eigenvalue weighted by Gasteiger charge is 2.44. The number of hydrogen-bond acceptors (Lipinski definition) is 3. The van der Waals surface area contributed by atoms with Crippen molar-refractivity contribution in [3.63, 3.8) is 0 Å². The molecule has 0 atom stereocenters. The van der Waals surface area contributed by atoms with Gasteiger partial charge in [-0.1, -0.05) is 18.6 Å². The highest BCUT2D eigenvalue weighted by molar-refractivity contribution is 5.96. The summed E-state index contributed by atoms with van der Waals surface area (Å²) in [6, 6.07) is 6.12. The maximum absolute atomic E-state index is 11.8. The summed E-state index contributed by atoms with van der Waals surface area (Å²) in [6.07, 6.45) is 2.04. The van der Waals surface area contributed by atoms with Crippen molar-refractivity contribution in [2.45, 2.75) is 26.2 Å². The monoisotopic (exact) mass is 290 g/mol. The molecule has 2 rings (SSSR count). The van der Waals surface area contributed by atoms with E-state index in [0.29, 0.717) is 24.1 Å². The molecule has 0 spiro atoms. The third-order valence-corrected chi connectivity index (χ3v) is 3.88. The summed E-state index contributed by atoms with van der Waals surface area (Å²) in [5.41, 5.74) is 0.186. The quantitative estimate of drug-likeness (QED) is 0.725. The molecular weight excluding hydrogens is 272 g/mol. The van der Waals surface area contributed by atoms with Crippen LogP contribution in [-0.2, 0) is 4.79 Å². The Morgan fingerprint density at radius 2 is 2.00 bits per heavy atom. The minimum atomic E-state index is -0.868. The van der Waals surface area contributed by atoms with Gasteiger partial charge in [-0.05, 0) is 31.9 Å². The topological polar surface area (TPSA) is 95.5 Å². The SMILES string of the molecule is CC(=O)c1cccc(NC(=O)NCC2(C(=O)O)CCC2)c1. The van der Waals surface area contributed by atoms with Crippen LogP contribution in [0.15, 0.2) is 24.3 Å². The van der Waals surface area contributed by atoms with Gasteiger partial charge < -0.3 is 15.7 Å². The predicted molar refractivity (Wildman–Crippen MR) is 77.4 cm³/mol. The van der Waals surface area contributed by atoms with Crippen LogP contribution in [-0.4, -0.2) is 29.4 Å². The molecule has 6 nitrogen and oxygen atoms in total. The van der Waals surface area contributed by atoms with Gasteiger partial charge in [0.25, 0.3) is 0 Å². The molecule has 6 heteroatoms. The van der Waals surface area contributed by atoms with Gasteiger partial charge in [-0.2, -0.15) is 0 Å². The summed E-state index contributed by atoms with van der Waals surface area (Å²) >= 11 is 0. The fourth-order valence-electron chi connectivity index (χ4n) is 2.31. The molecule has 21 heavy (non-hydrogen) atoms. The molecule has 0 aliphatic heterocycles. The minimum Gasteiger partial charge on any atom is -0.481 e. The lowest BCUT2D eigenvalue weighted by molar-refractivity contribution is -0.153. The Hall–Kier alpha value is -2.37. The van der Waals surface area contributed by atoms with Crippen molar-refractivity contribution in [3.05, 3.63) is 29.8 Å². The van der Waals surface area contributed by atoms with E-state index in [-0.39, 0.29) is 12.3 Å². The highest BCUT2D eigenvalue weighted by Crippen LogP contribution is 2.40. The van der Waals surface area contributed by atoms with Crippen molar-refractivity contribution in [2.75, 3.05) is 11.9 Å². The van der Waals surface area contributed by atoms with Crippen LogP contribution in [0.2, 0.25) is 0 Å². The third-order valence-electron chi connectivity index (χ3n) is 3.88. The summed E-state index contributed by atoms with van der Waals surface area (Å²) in [7, 11) is 0. The van der Waals surface area contributed by atoms with Gasteiger partial charge in [0, 0.05) is 17.8 Å². The van der Waals surface area contributed by atoms with Gasteiger partial charge in [-0.3, -0.25) is 9.59 Å². The molecule has 1 aliphatic carbocycles. The summed E-state index contributed by atoms with van der Waals surface area (Å²) < 4.78 is 0. The Labute approximate surface area is 122 Å². The van der Waals surface area contributed by atoms with E-state index in [1.165, 1.54) is 6.92 Å². The molecule has 1 aromatic carbocycles. The lowest BCUT2D eigenvalue weighted by Crippen LogP contribution is -2.48. The Bertz CT molecular complexity index is 579. The van der Waals surface area contributed by atoms with E-state index in [1.54, 1.807) is 24.3 Å². The van der Waals surface area contributed by atoms with E-state index in [2.05, 4.69) is 10.6 Å². The van der Waals surface area contributed by atoms with Crippen molar-refractivity contribution in [2.24, 2.45) is 5.41 Å². The molecule has 112 valence electrons. The molecule has 0 heterocycles. The Morgan fingerprint density at radius 3 is 2.52 bits per heavy atom. The second-order valence-corrected chi connectivity index (χ2v) is 5.38. The number of aliphatic carboxylic acids is 1. The number of rotatable bonds is 5. The van der Waals surface area contributed by atoms with Gasteiger partial charge in [0.2, 0.25) is 0 Å². The number of carbonyl (C=O) groups is 3. The van der Waals surface area contributed by atoms with Crippen molar-refractivity contribution in [3.8, 4) is 0 Å². The second-order valence-electron chi connectivity index (χ2n) is 5.38. The van der Waals surface area contributed by atoms with Crippen LogP contribution in [0.1, 0.15) is 36.5 Å². The van der Waals surface area contributed by atoms with E-state index >= 15 is 0 Å². The Kier molecular flexibility index (Phi) is 4.26.